The highest BCUT2D eigenvalue weighted by molar-refractivity contribution is 8.21. The molecule has 0 aromatic heterocycles. The van der Waals surface area contributed by atoms with Crippen molar-refractivity contribution in [3.05, 3.63) is 0 Å². The van der Waals surface area contributed by atoms with Gasteiger partial charge in [-0.3, -0.25) is 9.11 Å². The maximum absolute atomic E-state index is 9.27. The van der Waals surface area contributed by atoms with Crippen molar-refractivity contribution in [3.8, 4) is 0 Å². The van der Waals surface area contributed by atoms with Gasteiger partial charge in [0.2, 0.25) is 0 Å². The average molecular weight is 180 g/mol. The van der Waals surface area contributed by atoms with E-state index in [0.717, 1.165) is 26.2 Å². The highest BCUT2D eigenvalue weighted by Crippen LogP contribution is 2.38. The molecule has 1 fully saturated rings. The Morgan fingerprint density at radius 2 is 1.55 bits per heavy atom. The topological polar surface area (TPSA) is 46.9 Å². The molecule has 0 spiro atoms. The second-order valence-corrected chi connectivity index (χ2v) is 5.13. The monoisotopic (exact) mass is 180 g/mol. The van der Waals surface area contributed by atoms with E-state index in [1.807, 2.05) is 7.05 Å². The summed E-state index contributed by atoms with van der Waals surface area (Å²) >= 11 is 0. The highest BCUT2D eigenvalue weighted by atomic mass is 32.3. The van der Waals surface area contributed by atoms with Crippen LogP contribution in [0.5, 0.6) is 0 Å². The molecule has 0 amide bonds. The third-order valence-corrected chi connectivity index (χ3v) is 3.29. The Morgan fingerprint density at radius 1 is 1.09 bits per heavy atom. The smallest absolute Gasteiger partial charge is 0.0418 e. The van der Waals surface area contributed by atoms with Crippen molar-refractivity contribution >= 4 is 10.8 Å². The summed E-state index contributed by atoms with van der Waals surface area (Å²) in [6, 6.07) is 0. The van der Waals surface area contributed by atoms with Gasteiger partial charge < -0.3 is 4.90 Å². The van der Waals surface area contributed by atoms with Crippen molar-refractivity contribution in [1.29, 1.82) is 0 Å². The highest BCUT2D eigenvalue weighted by Gasteiger charge is 2.21. The van der Waals surface area contributed by atoms with E-state index in [0.29, 0.717) is 0 Å². The molecular formula is C6H16N2O2S. The fourth-order valence-corrected chi connectivity index (χ4v) is 1.99. The third kappa shape index (κ3) is 2.61. The van der Waals surface area contributed by atoms with E-state index in [9.17, 15) is 9.11 Å². The Kier molecular flexibility index (Phi) is 2.77. The van der Waals surface area contributed by atoms with Gasteiger partial charge in [0.25, 0.3) is 0 Å². The van der Waals surface area contributed by atoms with Crippen LogP contribution in [0.1, 0.15) is 0 Å². The Labute approximate surface area is 69.3 Å². The van der Waals surface area contributed by atoms with Crippen molar-refractivity contribution in [1.82, 2.24) is 9.21 Å². The molecule has 1 aliphatic rings. The average Bonchev–Trinajstić information content (AvgIpc) is 1.86. The molecule has 2 N–H and O–H groups in total. The molecule has 5 heteroatoms. The minimum absolute atomic E-state index is 0.759. The minimum Gasteiger partial charge on any atom is -0.304 e. The Morgan fingerprint density at radius 3 is 1.91 bits per heavy atom. The molecule has 0 unspecified atom stereocenters. The second-order valence-electron chi connectivity index (χ2n) is 3.02. The van der Waals surface area contributed by atoms with Gasteiger partial charge in [0.15, 0.2) is 0 Å². The predicted octanol–water partition coefficient (Wildman–Crippen LogP) is 0.529. The van der Waals surface area contributed by atoms with Crippen LogP contribution in [0.25, 0.3) is 0 Å². The number of nitrogens with zero attached hydrogens (tertiary/aromatic N) is 2. The van der Waals surface area contributed by atoms with Crippen LogP contribution in [0, 0.1) is 0 Å². The fourth-order valence-electron chi connectivity index (χ4n) is 1.13. The zero-order valence-corrected chi connectivity index (χ0v) is 7.84. The first-order chi connectivity index (χ1) is 5.00. The molecule has 0 aliphatic carbocycles. The van der Waals surface area contributed by atoms with Gasteiger partial charge in [-0.25, -0.2) is 4.31 Å². The molecule has 0 atom stereocenters. The van der Waals surface area contributed by atoms with Crippen LogP contribution in [0.15, 0.2) is 0 Å². The number of piperazine rings is 1. The molecule has 4 nitrogen and oxygen atoms in total. The first-order valence-electron chi connectivity index (χ1n) is 3.67. The van der Waals surface area contributed by atoms with Gasteiger partial charge in [-0.1, -0.05) is 0 Å². The van der Waals surface area contributed by atoms with Crippen molar-refractivity contribution in [2.24, 2.45) is 0 Å². The maximum atomic E-state index is 9.27. The zero-order chi connectivity index (χ0) is 8.48. The summed E-state index contributed by atoms with van der Waals surface area (Å²) in [5.41, 5.74) is 0. The minimum atomic E-state index is -2.44. The summed E-state index contributed by atoms with van der Waals surface area (Å²) in [5.74, 6) is 0. The van der Waals surface area contributed by atoms with Crippen LogP contribution in [0.3, 0.4) is 0 Å². The number of likely N-dealkylation sites (N-methyl/N-ethyl adjacent to an activating group) is 1. The van der Waals surface area contributed by atoms with Gasteiger partial charge in [0.05, 0.1) is 0 Å². The normalized spacial score (nSPS) is 25.5. The summed E-state index contributed by atoms with van der Waals surface area (Å²) in [7, 11) is -0.402. The van der Waals surface area contributed by atoms with Crippen molar-refractivity contribution < 1.29 is 9.11 Å². The molecule has 68 valence electrons. The van der Waals surface area contributed by atoms with Crippen molar-refractivity contribution in [2.45, 2.75) is 0 Å². The van der Waals surface area contributed by atoms with Gasteiger partial charge >= 0.3 is 0 Å². The molecule has 0 radical (unpaired) electrons. The quantitative estimate of drug-likeness (QED) is 0.618. The molecule has 1 saturated heterocycles. The van der Waals surface area contributed by atoms with Crippen LogP contribution >= 0.6 is 10.8 Å². The largest absolute Gasteiger partial charge is 0.304 e. The SMILES string of the molecule is CN1CCN(S(C)(O)O)CC1. The van der Waals surface area contributed by atoms with Crippen LogP contribution in [-0.2, 0) is 0 Å². The van der Waals surface area contributed by atoms with Crippen LogP contribution < -0.4 is 0 Å². The van der Waals surface area contributed by atoms with Gasteiger partial charge in [-0.15, -0.1) is 10.8 Å². The summed E-state index contributed by atoms with van der Waals surface area (Å²) < 4.78 is 20.3. The first kappa shape index (κ1) is 9.28. The van der Waals surface area contributed by atoms with Crippen LogP contribution in [-0.4, -0.2) is 57.8 Å². The standard InChI is InChI=1S/C6H16N2O2S/c1-7-3-5-8(6-4-7)11(2,9)10/h9-10H,3-6H2,1-2H3. The lowest BCUT2D eigenvalue weighted by atomic mass is 10.4. The summed E-state index contributed by atoms with van der Waals surface area (Å²) in [5, 5.41) is 0. The van der Waals surface area contributed by atoms with Gasteiger partial charge in [0, 0.05) is 32.4 Å². The Balaban J connectivity index is 2.39. The number of hydrogen-bond acceptors (Lipinski definition) is 4. The molecule has 0 saturated carbocycles. The summed E-state index contributed by atoms with van der Waals surface area (Å²) in [6.07, 6.45) is 1.48. The second kappa shape index (κ2) is 3.28. The molecular weight excluding hydrogens is 164 g/mol. The van der Waals surface area contributed by atoms with Crippen LogP contribution in [0.4, 0.5) is 0 Å². The molecule has 1 heterocycles. The summed E-state index contributed by atoms with van der Waals surface area (Å²) in [6.45, 7) is 3.36. The van der Waals surface area contributed by atoms with Crippen molar-refractivity contribution in [3.63, 3.8) is 0 Å². The van der Waals surface area contributed by atoms with Crippen LogP contribution in [0.2, 0.25) is 0 Å². The molecule has 0 bridgehead atoms. The van der Waals surface area contributed by atoms with E-state index in [1.165, 1.54) is 6.26 Å². The predicted molar refractivity (Wildman–Crippen MR) is 47.8 cm³/mol. The van der Waals surface area contributed by atoms with E-state index in [4.69, 9.17) is 0 Å². The lowest BCUT2D eigenvalue weighted by molar-refractivity contribution is 0.210. The lowest BCUT2D eigenvalue weighted by Gasteiger charge is -2.43. The Hall–Kier alpha value is 0.190. The Bertz CT molecular complexity index is 129. The van der Waals surface area contributed by atoms with E-state index < -0.39 is 10.8 Å². The fraction of sp³-hybridized carbons (Fsp3) is 1.00. The molecule has 1 aliphatic heterocycles. The summed E-state index contributed by atoms with van der Waals surface area (Å²) in [4.78, 5) is 2.18. The van der Waals surface area contributed by atoms with E-state index in [-0.39, 0.29) is 0 Å². The van der Waals surface area contributed by atoms with Gasteiger partial charge in [-0.2, -0.15) is 0 Å². The zero-order valence-electron chi connectivity index (χ0n) is 7.03. The van der Waals surface area contributed by atoms with Gasteiger partial charge in [0.1, 0.15) is 0 Å². The number of hydrogen-bond donors (Lipinski definition) is 2. The van der Waals surface area contributed by atoms with Crippen molar-refractivity contribution in [2.75, 3.05) is 39.5 Å². The van der Waals surface area contributed by atoms with E-state index in [1.54, 1.807) is 4.31 Å². The molecule has 1 rings (SSSR count). The van der Waals surface area contributed by atoms with Gasteiger partial charge in [-0.05, 0) is 7.05 Å². The molecule has 0 aromatic rings. The molecule has 0 aromatic carbocycles. The lowest BCUT2D eigenvalue weighted by Crippen LogP contribution is -2.44. The number of rotatable bonds is 1. The third-order valence-electron chi connectivity index (χ3n) is 1.95. The van der Waals surface area contributed by atoms with E-state index in [2.05, 4.69) is 4.90 Å². The molecule has 11 heavy (non-hydrogen) atoms. The maximum Gasteiger partial charge on any atom is 0.0418 e. The van der Waals surface area contributed by atoms with E-state index >= 15 is 0 Å². The first-order valence-corrected chi connectivity index (χ1v) is 5.58.